The van der Waals surface area contributed by atoms with Gasteiger partial charge in [-0.05, 0) is 23.3 Å². The molecule has 1 atom stereocenters. The molecular formula is C15H14ClNO2. The fourth-order valence-corrected chi connectivity index (χ4v) is 1.75. The Hall–Kier alpha value is -1.84. The summed E-state index contributed by atoms with van der Waals surface area (Å²) in [7, 11) is 0. The van der Waals surface area contributed by atoms with Crippen LogP contribution in [0.15, 0.2) is 54.6 Å². The van der Waals surface area contributed by atoms with E-state index < -0.39 is 12.0 Å². The zero-order chi connectivity index (χ0) is 13.7. The van der Waals surface area contributed by atoms with Gasteiger partial charge in [-0.15, -0.1) is 0 Å². The molecule has 0 aliphatic carbocycles. The molecule has 0 spiro atoms. The highest BCUT2D eigenvalue weighted by molar-refractivity contribution is 6.30. The molecular weight excluding hydrogens is 262 g/mol. The number of benzene rings is 2. The van der Waals surface area contributed by atoms with Gasteiger partial charge in [0.15, 0.2) is 0 Å². The highest BCUT2D eigenvalue weighted by atomic mass is 35.5. The highest BCUT2D eigenvalue weighted by Gasteiger charge is 2.17. The zero-order valence-corrected chi connectivity index (χ0v) is 11.0. The molecule has 2 aromatic rings. The summed E-state index contributed by atoms with van der Waals surface area (Å²) < 4.78 is 5.18. The first-order chi connectivity index (χ1) is 9.16. The summed E-state index contributed by atoms with van der Waals surface area (Å²) in [6, 6.07) is 15.5. The summed E-state index contributed by atoms with van der Waals surface area (Å²) in [5, 5.41) is 0.605. The van der Waals surface area contributed by atoms with Gasteiger partial charge in [-0.2, -0.15) is 0 Å². The van der Waals surface area contributed by atoms with Crippen molar-refractivity contribution in [2.75, 3.05) is 0 Å². The molecule has 2 N–H and O–H groups in total. The minimum absolute atomic E-state index is 0.223. The number of hydrogen-bond acceptors (Lipinski definition) is 3. The lowest BCUT2D eigenvalue weighted by Gasteiger charge is -2.12. The average molecular weight is 276 g/mol. The Balaban J connectivity index is 1.94. The van der Waals surface area contributed by atoms with E-state index in [0.717, 1.165) is 5.56 Å². The summed E-state index contributed by atoms with van der Waals surface area (Å²) in [6.45, 7) is 0.223. The van der Waals surface area contributed by atoms with E-state index >= 15 is 0 Å². The van der Waals surface area contributed by atoms with Crippen molar-refractivity contribution in [3.63, 3.8) is 0 Å². The Morgan fingerprint density at radius 2 is 1.74 bits per heavy atom. The van der Waals surface area contributed by atoms with Gasteiger partial charge in [-0.1, -0.05) is 54.1 Å². The van der Waals surface area contributed by atoms with Gasteiger partial charge in [0.2, 0.25) is 0 Å². The van der Waals surface area contributed by atoms with Crippen LogP contribution in [0.3, 0.4) is 0 Å². The lowest BCUT2D eigenvalue weighted by atomic mass is 10.1. The molecule has 0 saturated heterocycles. The second-order valence-corrected chi connectivity index (χ2v) is 4.56. The van der Waals surface area contributed by atoms with E-state index in [1.54, 1.807) is 24.3 Å². The second kappa shape index (κ2) is 6.36. The largest absolute Gasteiger partial charge is 0.459 e. The standard InChI is InChI=1S/C15H14ClNO2/c16-13-8-6-12(7-9-13)14(17)15(18)19-10-11-4-2-1-3-5-11/h1-9,14H,10,17H2. The van der Waals surface area contributed by atoms with Crippen molar-refractivity contribution in [2.45, 2.75) is 12.6 Å². The fraction of sp³-hybridized carbons (Fsp3) is 0.133. The normalized spacial score (nSPS) is 11.9. The third-order valence-electron chi connectivity index (χ3n) is 2.71. The van der Waals surface area contributed by atoms with Crippen LogP contribution in [0.5, 0.6) is 0 Å². The minimum Gasteiger partial charge on any atom is -0.459 e. The van der Waals surface area contributed by atoms with Crippen LogP contribution in [0.4, 0.5) is 0 Å². The Labute approximate surface area is 117 Å². The number of esters is 1. The molecule has 0 radical (unpaired) electrons. The predicted octanol–water partition coefficient (Wildman–Crippen LogP) is 3.08. The average Bonchev–Trinajstić information content (AvgIpc) is 2.46. The van der Waals surface area contributed by atoms with Crippen molar-refractivity contribution in [2.24, 2.45) is 5.73 Å². The van der Waals surface area contributed by atoms with Crippen molar-refractivity contribution in [1.29, 1.82) is 0 Å². The van der Waals surface area contributed by atoms with Crippen molar-refractivity contribution in [1.82, 2.24) is 0 Å². The summed E-state index contributed by atoms with van der Waals surface area (Å²) in [5.41, 5.74) is 7.45. The van der Waals surface area contributed by atoms with Crippen LogP contribution < -0.4 is 5.73 Å². The lowest BCUT2D eigenvalue weighted by molar-refractivity contribution is -0.146. The van der Waals surface area contributed by atoms with E-state index in [1.165, 1.54) is 0 Å². The molecule has 0 fully saturated rings. The van der Waals surface area contributed by atoms with Gasteiger partial charge < -0.3 is 10.5 Å². The van der Waals surface area contributed by atoms with Crippen LogP contribution in [0.2, 0.25) is 5.02 Å². The topological polar surface area (TPSA) is 52.3 Å². The lowest BCUT2D eigenvalue weighted by Crippen LogP contribution is -2.23. The number of rotatable bonds is 4. The molecule has 0 aliphatic rings. The summed E-state index contributed by atoms with van der Waals surface area (Å²) >= 11 is 5.78. The van der Waals surface area contributed by atoms with Crippen LogP contribution in [0.25, 0.3) is 0 Å². The molecule has 0 aromatic heterocycles. The van der Waals surface area contributed by atoms with E-state index in [2.05, 4.69) is 0 Å². The zero-order valence-electron chi connectivity index (χ0n) is 10.3. The third kappa shape index (κ3) is 3.81. The maximum absolute atomic E-state index is 11.8. The van der Waals surface area contributed by atoms with E-state index in [4.69, 9.17) is 22.1 Å². The smallest absolute Gasteiger partial charge is 0.327 e. The highest BCUT2D eigenvalue weighted by Crippen LogP contribution is 2.16. The molecule has 1 unspecified atom stereocenters. The first-order valence-electron chi connectivity index (χ1n) is 5.88. The fourth-order valence-electron chi connectivity index (χ4n) is 1.62. The Morgan fingerprint density at radius 1 is 1.11 bits per heavy atom. The first-order valence-corrected chi connectivity index (χ1v) is 6.26. The summed E-state index contributed by atoms with van der Waals surface area (Å²) in [6.07, 6.45) is 0. The van der Waals surface area contributed by atoms with E-state index in [1.807, 2.05) is 30.3 Å². The van der Waals surface area contributed by atoms with E-state index in [-0.39, 0.29) is 6.61 Å². The molecule has 19 heavy (non-hydrogen) atoms. The summed E-state index contributed by atoms with van der Waals surface area (Å²) in [4.78, 5) is 11.8. The van der Waals surface area contributed by atoms with Crippen LogP contribution in [0.1, 0.15) is 17.2 Å². The molecule has 3 nitrogen and oxygen atoms in total. The van der Waals surface area contributed by atoms with Crippen LogP contribution in [0, 0.1) is 0 Å². The van der Waals surface area contributed by atoms with E-state index in [9.17, 15) is 4.79 Å². The number of nitrogens with two attached hydrogens (primary N) is 1. The van der Waals surface area contributed by atoms with Gasteiger partial charge in [0.1, 0.15) is 12.6 Å². The number of ether oxygens (including phenoxy) is 1. The molecule has 2 rings (SSSR count). The summed E-state index contributed by atoms with van der Waals surface area (Å²) in [5.74, 6) is -0.453. The molecule has 0 saturated carbocycles. The van der Waals surface area contributed by atoms with Crippen molar-refractivity contribution in [3.05, 3.63) is 70.7 Å². The monoisotopic (exact) mass is 275 g/mol. The number of halogens is 1. The van der Waals surface area contributed by atoms with Crippen molar-refractivity contribution >= 4 is 17.6 Å². The molecule has 0 amide bonds. The molecule has 0 heterocycles. The van der Waals surface area contributed by atoms with Gasteiger partial charge in [-0.25, -0.2) is 4.79 Å². The number of carbonyl (C=O) groups is 1. The predicted molar refractivity (Wildman–Crippen MR) is 74.6 cm³/mol. The number of carbonyl (C=O) groups excluding carboxylic acids is 1. The molecule has 4 heteroatoms. The van der Waals surface area contributed by atoms with Crippen LogP contribution in [-0.4, -0.2) is 5.97 Å². The first kappa shape index (κ1) is 13.6. The van der Waals surface area contributed by atoms with Crippen molar-refractivity contribution in [3.8, 4) is 0 Å². The van der Waals surface area contributed by atoms with Crippen molar-refractivity contribution < 1.29 is 9.53 Å². The van der Waals surface area contributed by atoms with Gasteiger partial charge in [-0.3, -0.25) is 0 Å². The van der Waals surface area contributed by atoms with Gasteiger partial charge in [0, 0.05) is 5.02 Å². The van der Waals surface area contributed by atoms with Crippen LogP contribution in [-0.2, 0) is 16.1 Å². The van der Waals surface area contributed by atoms with Gasteiger partial charge in [0.25, 0.3) is 0 Å². The quantitative estimate of drug-likeness (QED) is 0.873. The molecule has 2 aromatic carbocycles. The molecule has 0 aliphatic heterocycles. The third-order valence-corrected chi connectivity index (χ3v) is 2.96. The Bertz CT molecular complexity index is 540. The van der Waals surface area contributed by atoms with Gasteiger partial charge >= 0.3 is 5.97 Å². The number of hydrogen-bond donors (Lipinski definition) is 1. The van der Waals surface area contributed by atoms with E-state index in [0.29, 0.717) is 10.6 Å². The van der Waals surface area contributed by atoms with Gasteiger partial charge in [0.05, 0.1) is 0 Å². The maximum Gasteiger partial charge on any atom is 0.327 e. The maximum atomic E-state index is 11.8. The Kier molecular flexibility index (Phi) is 4.55. The minimum atomic E-state index is -0.791. The Morgan fingerprint density at radius 3 is 2.37 bits per heavy atom. The SMILES string of the molecule is NC(C(=O)OCc1ccccc1)c1ccc(Cl)cc1. The molecule has 0 bridgehead atoms. The second-order valence-electron chi connectivity index (χ2n) is 4.12. The molecule has 98 valence electrons. The van der Waals surface area contributed by atoms with Crippen LogP contribution >= 0.6 is 11.6 Å².